The maximum Gasteiger partial charge on any atom is 0.407 e. The SMILES string of the molecule is CC(C)C[C@H](NC(=O)[C@H]1CCCN1C(=O)[C@@H](OC(=O)[C@H](NC(=O)OCC1c2ccccc2-c2ccccc21)C(C)C)C(C)C)C(=O)N[C@@H](C(=O)O)C(C)C. The molecule has 4 amide bonds. The van der Waals surface area contributed by atoms with Gasteiger partial charge in [-0.3, -0.25) is 14.4 Å². The molecule has 1 fully saturated rings. The summed E-state index contributed by atoms with van der Waals surface area (Å²) >= 11 is 0. The molecule has 2 aliphatic rings. The standard InChI is InChI=1S/C41H56N4O9/c1-22(2)20-31(36(46)43-33(23(3)4)39(49)50)42-37(47)32-18-13-19-45(32)38(48)35(25(7)8)54-40(51)34(24(5)6)44-41(52)53-21-30-28-16-11-9-14-26(28)27-15-10-12-17-29(27)30/h9-12,14-17,22-25,30-35H,13,18-21H2,1-8H3,(H,42,47)(H,43,46)(H,44,52)(H,49,50)/t31-,32+,33+,34+,35-/m0/s1. The fourth-order valence-corrected chi connectivity index (χ4v) is 7.14. The molecule has 294 valence electrons. The molecule has 1 aliphatic heterocycles. The molecule has 0 bridgehead atoms. The molecule has 5 atom stereocenters. The highest BCUT2D eigenvalue weighted by Crippen LogP contribution is 2.44. The number of carbonyl (C=O) groups excluding carboxylic acids is 5. The van der Waals surface area contributed by atoms with E-state index in [-0.39, 0.29) is 37.3 Å². The lowest BCUT2D eigenvalue weighted by molar-refractivity contribution is -0.166. The van der Waals surface area contributed by atoms with Crippen molar-refractivity contribution in [1.29, 1.82) is 0 Å². The van der Waals surface area contributed by atoms with E-state index < -0.39 is 77.9 Å². The molecule has 2 aromatic rings. The number of nitrogens with zero attached hydrogens (tertiary/aromatic N) is 1. The Morgan fingerprint density at radius 2 is 1.35 bits per heavy atom. The Bertz CT molecular complexity index is 1640. The largest absolute Gasteiger partial charge is 0.480 e. The van der Waals surface area contributed by atoms with Crippen LogP contribution in [0, 0.1) is 23.7 Å². The second-order valence-corrected chi connectivity index (χ2v) is 15.7. The highest BCUT2D eigenvalue weighted by atomic mass is 16.6. The van der Waals surface area contributed by atoms with Crippen molar-refractivity contribution in [2.75, 3.05) is 13.2 Å². The zero-order valence-corrected chi connectivity index (χ0v) is 32.6. The van der Waals surface area contributed by atoms with Gasteiger partial charge in [0.05, 0.1) is 0 Å². The van der Waals surface area contributed by atoms with Gasteiger partial charge in [0, 0.05) is 12.5 Å². The molecule has 1 saturated heterocycles. The number of amides is 4. The monoisotopic (exact) mass is 748 g/mol. The van der Waals surface area contributed by atoms with Crippen molar-refractivity contribution in [3.63, 3.8) is 0 Å². The van der Waals surface area contributed by atoms with Crippen LogP contribution in [0.4, 0.5) is 4.79 Å². The van der Waals surface area contributed by atoms with Gasteiger partial charge in [0.2, 0.25) is 11.8 Å². The Morgan fingerprint density at radius 3 is 1.87 bits per heavy atom. The number of benzene rings is 2. The maximum atomic E-state index is 14.0. The third-order valence-electron chi connectivity index (χ3n) is 10.0. The number of hydrogen-bond donors (Lipinski definition) is 4. The lowest BCUT2D eigenvalue weighted by Gasteiger charge is -2.32. The van der Waals surface area contributed by atoms with Gasteiger partial charge in [0.1, 0.15) is 30.8 Å². The summed E-state index contributed by atoms with van der Waals surface area (Å²) in [5.41, 5.74) is 4.28. The van der Waals surface area contributed by atoms with E-state index >= 15 is 0 Å². The van der Waals surface area contributed by atoms with E-state index in [0.717, 1.165) is 22.3 Å². The van der Waals surface area contributed by atoms with Crippen LogP contribution in [-0.4, -0.2) is 89.2 Å². The van der Waals surface area contributed by atoms with Crippen molar-refractivity contribution in [1.82, 2.24) is 20.9 Å². The molecule has 0 spiro atoms. The molecule has 0 radical (unpaired) electrons. The Labute approximate surface area is 317 Å². The number of likely N-dealkylation sites (tertiary alicyclic amines) is 1. The summed E-state index contributed by atoms with van der Waals surface area (Å²) in [6, 6.07) is 11.7. The van der Waals surface area contributed by atoms with Gasteiger partial charge in [0.15, 0.2) is 6.10 Å². The highest BCUT2D eigenvalue weighted by molar-refractivity contribution is 5.95. The van der Waals surface area contributed by atoms with Crippen molar-refractivity contribution in [3.8, 4) is 11.1 Å². The van der Waals surface area contributed by atoms with Crippen LogP contribution < -0.4 is 16.0 Å². The van der Waals surface area contributed by atoms with Crippen LogP contribution in [-0.2, 0) is 33.4 Å². The summed E-state index contributed by atoms with van der Waals surface area (Å²) in [5.74, 6) is -5.16. The molecule has 0 aromatic heterocycles. The van der Waals surface area contributed by atoms with E-state index in [1.54, 1.807) is 41.5 Å². The molecule has 1 heterocycles. The van der Waals surface area contributed by atoms with E-state index in [4.69, 9.17) is 9.47 Å². The first-order chi connectivity index (χ1) is 25.5. The molecular formula is C41H56N4O9. The van der Waals surface area contributed by atoms with Crippen molar-refractivity contribution in [3.05, 3.63) is 59.7 Å². The summed E-state index contributed by atoms with van der Waals surface area (Å²) < 4.78 is 11.5. The van der Waals surface area contributed by atoms with Crippen LogP contribution in [0.25, 0.3) is 11.1 Å². The maximum absolute atomic E-state index is 14.0. The number of fused-ring (bicyclic) bond motifs is 3. The van der Waals surface area contributed by atoms with E-state index in [0.29, 0.717) is 12.8 Å². The van der Waals surface area contributed by atoms with Crippen LogP contribution in [0.1, 0.15) is 91.7 Å². The molecular weight excluding hydrogens is 692 g/mol. The number of carboxylic acid groups (broad SMARTS) is 1. The minimum Gasteiger partial charge on any atom is -0.480 e. The minimum atomic E-state index is -1.26. The molecule has 2 aromatic carbocycles. The van der Waals surface area contributed by atoms with E-state index in [1.807, 2.05) is 62.4 Å². The Morgan fingerprint density at radius 1 is 0.778 bits per heavy atom. The Balaban J connectivity index is 1.41. The molecule has 0 saturated carbocycles. The zero-order chi connectivity index (χ0) is 39.9. The first-order valence-electron chi connectivity index (χ1n) is 19.0. The Hall–Kier alpha value is -4.94. The van der Waals surface area contributed by atoms with Crippen molar-refractivity contribution in [2.24, 2.45) is 23.7 Å². The average molecular weight is 749 g/mol. The van der Waals surface area contributed by atoms with Crippen molar-refractivity contribution >= 4 is 35.8 Å². The van der Waals surface area contributed by atoms with E-state index in [2.05, 4.69) is 16.0 Å². The van der Waals surface area contributed by atoms with Crippen molar-refractivity contribution in [2.45, 2.75) is 111 Å². The number of ether oxygens (including phenoxy) is 2. The van der Waals surface area contributed by atoms with Crippen LogP contribution in [0.3, 0.4) is 0 Å². The van der Waals surface area contributed by atoms with Gasteiger partial charge in [-0.2, -0.15) is 0 Å². The van der Waals surface area contributed by atoms with Crippen LogP contribution in [0.2, 0.25) is 0 Å². The van der Waals surface area contributed by atoms with Gasteiger partial charge in [-0.15, -0.1) is 0 Å². The second kappa shape index (κ2) is 18.4. The normalized spacial score (nSPS) is 17.4. The summed E-state index contributed by atoms with van der Waals surface area (Å²) in [6.07, 6.45) is -0.959. The molecule has 1 aliphatic carbocycles. The number of alkyl carbamates (subject to hydrolysis) is 1. The predicted octanol–water partition coefficient (Wildman–Crippen LogP) is 4.86. The lowest BCUT2D eigenvalue weighted by atomic mass is 9.98. The molecule has 13 heteroatoms. The molecule has 54 heavy (non-hydrogen) atoms. The van der Waals surface area contributed by atoms with Crippen molar-refractivity contribution < 1.29 is 43.3 Å². The quantitative estimate of drug-likeness (QED) is 0.174. The number of nitrogens with one attached hydrogen (secondary N) is 3. The summed E-state index contributed by atoms with van der Waals surface area (Å²) in [4.78, 5) is 80.8. The number of rotatable bonds is 16. The topological polar surface area (TPSA) is 180 Å². The molecule has 13 nitrogen and oxygen atoms in total. The second-order valence-electron chi connectivity index (χ2n) is 15.7. The molecule has 4 N–H and O–H groups in total. The van der Waals surface area contributed by atoms with Crippen LogP contribution in [0.15, 0.2) is 48.5 Å². The summed E-state index contributed by atoms with van der Waals surface area (Å²) in [6.45, 7) is 14.3. The third kappa shape index (κ3) is 9.97. The van der Waals surface area contributed by atoms with Gasteiger partial charge in [-0.05, 0) is 65.2 Å². The first-order valence-corrected chi connectivity index (χ1v) is 19.0. The number of carbonyl (C=O) groups is 6. The number of hydrogen-bond acceptors (Lipinski definition) is 8. The first kappa shape index (κ1) is 41.8. The van der Waals surface area contributed by atoms with Gasteiger partial charge in [-0.1, -0.05) is 104 Å². The minimum absolute atomic E-state index is 0.00892. The smallest absolute Gasteiger partial charge is 0.407 e. The number of carboxylic acids is 1. The molecule has 0 unspecified atom stereocenters. The predicted molar refractivity (Wildman–Crippen MR) is 202 cm³/mol. The number of esters is 1. The van der Waals surface area contributed by atoms with E-state index in [9.17, 15) is 33.9 Å². The number of aliphatic carboxylic acids is 1. The van der Waals surface area contributed by atoms with Gasteiger partial charge < -0.3 is 35.4 Å². The summed E-state index contributed by atoms with van der Waals surface area (Å²) in [7, 11) is 0. The van der Waals surface area contributed by atoms with Crippen LogP contribution >= 0.6 is 0 Å². The lowest BCUT2D eigenvalue weighted by Crippen LogP contribution is -2.57. The fraction of sp³-hybridized carbons (Fsp3) is 0.561. The Kier molecular flexibility index (Phi) is 14.2. The fourth-order valence-electron chi connectivity index (χ4n) is 7.14. The van der Waals surface area contributed by atoms with Gasteiger partial charge in [0.25, 0.3) is 5.91 Å². The average Bonchev–Trinajstić information content (AvgIpc) is 3.73. The molecule has 4 rings (SSSR count). The van der Waals surface area contributed by atoms with Gasteiger partial charge in [-0.25, -0.2) is 14.4 Å². The third-order valence-corrected chi connectivity index (χ3v) is 10.0. The van der Waals surface area contributed by atoms with Crippen LogP contribution in [0.5, 0.6) is 0 Å². The summed E-state index contributed by atoms with van der Waals surface area (Å²) in [5, 5.41) is 17.5. The zero-order valence-electron chi connectivity index (χ0n) is 32.6. The van der Waals surface area contributed by atoms with E-state index in [1.165, 1.54) is 4.90 Å². The van der Waals surface area contributed by atoms with Gasteiger partial charge >= 0.3 is 18.0 Å². The highest BCUT2D eigenvalue weighted by Gasteiger charge is 2.42.